The van der Waals surface area contributed by atoms with Gasteiger partial charge in [-0.3, -0.25) is 4.98 Å². The lowest BCUT2D eigenvalue weighted by Gasteiger charge is -2.03. The topological polar surface area (TPSA) is 22.1 Å². The van der Waals surface area contributed by atoms with Crippen molar-refractivity contribution in [3.8, 4) is 16.9 Å². The number of nitrogens with zero attached hydrogens (tertiary/aromatic N) is 1. The molecule has 0 saturated heterocycles. The Kier molecular flexibility index (Phi) is 2.45. The number of ether oxygens (including phenoxy) is 1. The van der Waals surface area contributed by atoms with E-state index in [1.54, 1.807) is 13.3 Å². The highest BCUT2D eigenvalue weighted by Crippen LogP contribution is 2.21. The minimum atomic E-state index is 0.784. The summed E-state index contributed by atoms with van der Waals surface area (Å²) in [4.78, 5) is 4.11. The highest BCUT2D eigenvalue weighted by Gasteiger charge is 1.98. The van der Waals surface area contributed by atoms with E-state index in [2.05, 4.69) is 17.1 Å². The first-order valence-corrected chi connectivity index (χ1v) is 4.44. The molecule has 1 aromatic carbocycles. The van der Waals surface area contributed by atoms with E-state index in [4.69, 9.17) is 4.74 Å². The molecule has 0 radical (unpaired) electrons. The van der Waals surface area contributed by atoms with Crippen molar-refractivity contribution in [1.29, 1.82) is 0 Å². The van der Waals surface area contributed by atoms with Gasteiger partial charge in [-0.1, -0.05) is 30.3 Å². The number of hydrogen-bond acceptors (Lipinski definition) is 2. The molecule has 2 aromatic rings. The largest absolute Gasteiger partial charge is 0.495 e. The summed E-state index contributed by atoms with van der Waals surface area (Å²) in [5.41, 5.74) is 2.23. The Morgan fingerprint density at radius 3 is 2.50 bits per heavy atom. The maximum Gasteiger partial charge on any atom is 0.137 e. The molecule has 0 aliphatic rings. The van der Waals surface area contributed by atoms with Crippen molar-refractivity contribution < 1.29 is 4.74 Å². The van der Waals surface area contributed by atoms with Crippen LogP contribution in [0.15, 0.2) is 48.8 Å². The molecule has 1 heterocycles. The maximum atomic E-state index is 5.11. The van der Waals surface area contributed by atoms with Crippen LogP contribution in [0.3, 0.4) is 0 Å². The van der Waals surface area contributed by atoms with Gasteiger partial charge in [0, 0.05) is 11.8 Å². The maximum absolute atomic E-state index is 5.11. The van der Waals surface area contributed by atoms with E-state index in [1.807, 2.05) is 30.5 Å². The predicted octanol–water partition coefficient (Wildman–Crippen LogP) is 2.76. The average molecular weight is 185 g/mol. The molecule has 2 heteroatoms. The van der Waals surface area contributed by atoms with Crippen molar-refractivity contribution in [1.82, 2.24) is 4.98 Å². The Labute approximate surface area is 83.2 Å². The summed E-state index contributed by atoms with van der Waals surface area (Å²) in [6.45, 7) is 0. The monoisotopic (exact) mass is 185 g/mol. The molecular formula is C12H11NO. The molecule has 1 aromatic heterocycles. The van der Waals surface area contributed by atoms with Crippen LogP contribution in [0.4, 0.5) is 0 Å². The Balaban J connectivity index is 2.42. The SMILES string of the molecule is COc1cncc(-c2ccccc2)c1. The van der Waals surface area contributed by atoms with Gasteiger partial charge in [0.1, 0.15) is 5.75 Å². The third-order valence-electron chi connectivity index (χ3n) is 2.06. The van der Waals surface area contributed by atoms with Gasteiger partial charge in [-0.25, -0.2) is 0 Å². The number of rotatable bonds is 2. The molecule has 70 valence electrons. The van der Waals surface area contributed by atoms with Crippen LogP contribution in [0.5, 0.6) is 5.75 Å². The predicted molar refractivity (Wildman–Crippen MR) is 56.2 cm³/mol. The van der Waals surface area contributed by atoms with E-state index >= 15 is 0 Å². The van der Waals surface area contributed by atoms with Crippen molar-refractivity contribution in [2.75, 3.05) is 7.11 Å². The van der Waals surface area contributed by atoms with E-state index in [1.165, 1.54) is 0 Å². The van der Waals surface area contributed by atoms with Crippen LogP contribution in [0.25, 0.3) is 11.1 Å². The molecule has 14 heavy (non-hydrogen) atoms. The van der Waals surface area contributed by atoms with Gasteiger partial charge in [0.2, 0.25) is 0 Å². The average Bonchev–Trinajstić information content (AvgIpc) is 2.30. The Morgan fingerprint density at radius 1 is 1.00 bits per heavy atom. The summed E-state index contributed by atoms with van der Waals surface area (Å²) in [6.07, 6.45) is 3.53. The van der Waals surface area contributed by atoms with Crippen LogP contribution in [0.2, 0.25) is 0 Å². The summed E-state index contributed by atoms with van der Waals surface area (Å²) in [5.74, 6) is 0.784. The lowest BCUT2D eigenvalue weighted by Crippen LogP contribution is -1.85. The van der Waals surface area contributed by atoms with Gasteiger partial charge in [0.15, 0.2) is 0 Å². The van der Waals surface area contributed by atoms with Crippen molar-refractivity contribution in [2.24, 2.45) is 0 Å². The van der Waals surface area contributed by atoms with Gasteiger partial charge in [-0.05, 0) is 11.6 Å². The van der Waals surface area contributed by atoms with E-state index in [-0.39, 0.29) is 0 Å². The molecule has 2 nitrogen and oxygen atoms in total. The van der Waals surface area contributed by atoms with Gasteiger partial charge in [-0.2, -0.15) is 0 Å². The number of pyridine rings is 1. The van der Waals surface area contributed by atoms with Crippen LogP contribution >= 0.6 is 0 Å². The quantitative estimate of drug-likeness (QED) is 0.717. The fourth-order valence-corrected chi connectivity index (χ4v) is 1.32. The molecule has 0 bridgehead atoms. The molecule has 0 aliphatic carbocycles. The molecule has 0 amide bonds. The number of hydrogen-bond donors (Lipinski definition) is 0. The summed E-state index contributed by atoms with van der Waals surface area (Å²) in [7, 11) is 1.64. The number of aromatic nitrogens is 1. The number of methoxy groups -OCH3 is 1. The highest BCUT2D eigenvalue weighted by molar-refractivity contribution is 5.63. The molecule has 2 rings (SSSR count). The van der Waals surface area contributed by atoms with Gasteiger partial charge in [0.25, 0.3) is 0 Å². The van der Waals surface area contributed by atoms with Crippen molar-refractivity contribution in [2.45, 2.75) is 0 Å². The van der Waals surface area contributed by atoms with Gasteiger partial charge >= 0.3 is 0 Å². The summed E-state index contributed by atoms with van der Waals surface area (Å²) in [6, 6.07) is 12.1. The lowest BCUT2D eigenvalue weighted by molar-refractivity contribution is 0.413. The van der Waals surface area contributed by atoms with E-state index in [9.17, 15) is 0 Å². The lowest BCUT2D eigenvalue weighted by atomic mass is 10.1. The van der Waals surface area contributed by atoms with Crippen LogP contribution in [-0.2, 0) is 0 Å². The van der Waals surface area contributed by atoms with Crippen molar-refractivity contribution in [3.05, 3.63) is 48.8 Å². The Hall–Kier alpha value is -1.83. The molecule has 0 unspecified atom stereocenters. The molecular weight excluding hydrogens is 174 g/mol. The van der Waals surface area contributed by atoms with E-state index < -0.39 is 0 Å². The first-order chi connectivity index (χ1) is 6.90. The van der Waals surface area contributed by atoms with Crippen molar-refractivity contribution in [3.63, 3.8) is 0 Å². The van der Waals surface area contributed by atoms with E-state index in [0.29, 0.717) is 0 Å². The second-order valence-electron chi connectivity index (χ2n) is 2.98. The van der Waals surface area contributed by atoms with Gasteiger partial charge in [-0.15, -0.1) is 0 Å². The Morgan fingerprint density at radius 2 is 1.79 bits per heavy atom. The Bertz CT molecular complexity index is 412. The third-order valence-corrected chi connectivity index (χ3v) is 2.06. The third kappa shape index (κ3) is 1.74. The minimum Gasteiger partial charge on any atom is -0.495 e. The minimum absolute atomic E-state index is 0.784. The summed E-state index contributed by atoms with van der Waals surface area (Å²) in [5, 5.41) is 0. The first kappa shape index (κ1) is 8.75. The van der Waals surface area contributed by atoms with Crippen LogP contribution in [0.1, 0.15) is 0 Å². The molecule has 0 aliphatic heterocycles. The van der Waals surface area contributed by atoms with Crippen LogP contribution < -0.4 is 4.74 Å². The second kappa shape index (κ2) is 3.92. The van der Waals surface area contributed by atoms with Gasteiger partial charge in [0.05, 0.1) is 13.3 Å². The van der Waals surface area contributed by atoms with Gasteiger partial charge < -0.3 is 4.74 Å². The molecule has 0 N–H and O–H groups in total. The number of benzene rings is 1. The smallest absolute Gasteiger partial charge is 0.137 e. The summed E-state index contributed by atoms with van der Waals surface area (Å²) >= 11 is 0. The van der Waals surface area contributed by atoms with E-state index in [0.717, 1.165) is 16.9 Å². The molecule has 0 spiro atoms. The standard InChI is InChI=1S/C12H11NO/c1-14-12-7-11(8-13-9-12)10-5-3-2-4-6-10/h2-9H,1H3. The van der Waals surface area contributed by atoms with Crippen molar-refractivity contribution >= 4 is 0 Å². The van der Waals surface area contributed by atoms with Crippen LogP contribution in [0, 0.1) is 0 Å². The molecule has 0 saturated carbocycles. The fraction of sp³-hybridized carbons (Fsp3) is 0.0833. The second-order valence-corrected chi connectivity index (χ2v) is 2.98. The highest BCUT2D eigenvalue weighted by atomic mass is 16.5. The zero-order valence-electron chi connectivity index (χ0n) is 7.97. The zero-order valence-corrected chi connectivity index (χ0v) is 7.97. The fourth-order valence-electron chi connectivity index (χ4n) is 1.32. The zero-order chi connectivity index (χ0) is 9.80. The van der Waals surface area contributed by atoms with Crippen LogP contribution in [-0.4, -0.2) is 12.1 Å². The normalized spacial score (nSPS) is 9.79. The molecule has 0 fully saturated rings. The first-order valence-electron chi connectivity index (χ1n) is 4.44. The summed E-state index contributed by atoms with van der Waals surface area (Å²) < 4.78 is 5.11. The molecule has 0 atom stereocenters.